The second kappa shape index (κ2) is 4.89. The van der Waals surface area contributed by atoms with Gasteiger partial charge in [-0.15, -0.1) is 0 Å². The lowest BCUT2D eigenvalue weighted by Gasteiger charge is -2.48. The SMILES string of the molecule is CC(C#N)[Si](N(C)C)(N(C)C)N(C)C. The predicted octanol–water partition coefficient (Wildman–Crippen LogP) is 0.524. The Morgan fingerprint density at radius 1 is 0.929 bits per heavy atom. The molecule has 0 fully saturated rings. The molecule has 0 bridgehead atoms. The second-order valence-corrected chi connectivity index (χ2v) is 9.15. The zero-order valence-electron chi connectivity index (χ0n) is 10.4. The first-order valence-electron chi connectivity index (χ1n) is 4.73. The first kappa shape index (κ1) is 13.6. The standard InChI is InChI=1S/C9H22N4Si/c1-9(8-10)14(11(2)3,12(4)5)13(6)7/h9H,1-7H3. The van der Waals surface area contributed by atoms with Crippen molar-refractivity contribution >= 4 is 8.56 Å². The number of nitriles is 1. The third-order valence-electron chi connectivity index (χ3n) is 2.75. The van der Waals surface area contributed by atoms with Crippen molar-refractivity contribution in [3.63, 3.8) is 0 Å². The van der Waals surface area contributed by atoms with E-state index in [-0.39, 0.29) is 5.54 Å². The molecule has 14 heavy (non-hydrogen) atoms. The lowest BCUT2D eigenvalue weighted by atomic mass is 10.5. The van der Waals surface area contributed by atoms with Crippen molar-refractivity contribution in [1.82, 2.24) is 13.7 Å². The van der Waals surface area contributed by atoms with Gasteiger partial charge in [0, 0.05) is 0 Å². The molecule has 0 N–H and O–H groups in total. The molecule has 0 aromatic rings. The Balaban J connectivity index is 5.29. The van der Waals surface area contributed by atoms with Gasteiger partial charge in [0.2, 0.25) is 0 Å². The quantitative estimate of drug-likeness (QED) is 0.639. The summed E-state index contributed by atoms with van der Waals surface area (Å²) in [4.78, 5) is 0. The fraction of sp³-hybridized carbons (Fsp3) is 0.889. The molecule has 0 heterocycles. The van der Waals surface area contributed by atoms with E-state index in [0.29, 0.717) is 0 Å². The summed E-state index contributed by atoms with van der Waals surface area (Å²) in [6.07, 6.45) is 0. The van der Waals surface area contributed by atoms with E-state index in [2.05, 4.69) is 62.1 Å². The third-order valence-corrected chi connectivity index (χ3v) is 7.99. The monoisotopic (exact) mass is 214 g/mol. The summed E-state index contributed by atoms with van der Waals surface area (Å²) in [5, 5.41) is 9.12. The van der Waals surface area contributed by atoms with Crippen LogP contribution in [0.15, 0.2) is 0 Å². The maximum Gasteiger partial charge on any atom is 0.305 e. The van der Waals surface area contributed by atoms with E-state index >= 15 is 0 Å². The third kappa shape index (κ3) is 1.98. The Morgan fingerprint density at radius 2 is 1.21 bits per heavy atom. The van der Waals surface area contributed by atoms with Crippen molar-refractivity contribution in [2.75, 3.05) is 42.3 Å². The van der Waals surface area contributed by atoms with E-state index in [4.69, 9.17) is 5.26 Å². The highest BCUT2D eigenvalue weighted by Crippen LogP contribution is 2.26. The highest BCUT2D eigenvalue weighted by Gasteiger charge is 2.48. The van der Waals surface area contributed by atoms with E-state index in [0.717, 1.165) is 0 Å². The number of nitrogens with zero attached hydrogens (tertiary/aromatic N) is 4. The van der Waals surface area contributed by atoms with Gasteiger partial charge < -0.3 is 13.7 Å². The van der Waals surface area contributed by atoms with E-state index in [1.807, 2.05) is 6.92 Å². The lowest BCUT2D eigenvalue weighted by molar-refractivity contribution is 0.369. The normalized spacial score (nSPS) is 14.9. The van der Waals surface area contributed by atoms with Gasteiger partial charge >= 0.3 is 8.56 Å². The van der Waals surface area contributed by atoms with Crippen molar-refractivity contribution in [1.29, 1.82) is 5.26 Å². The van der Waals surface area contributed by atoms with Crippen molar-refractivity contribution < 1.29 is 0 Å². The summed E-state index contributed by atoms with van der Waals surface area (Å²) in [5.41, 5.74) is 0.0440. The molecule has 1 unspecified atom stereocenters. The van der Waals surface area contributed by atoms with Crippen LogP contribution < -0.4 is 0 Å². The first-order valence-corrected chi connectivity index (χ1v) is 6.65. The molecular formula is C9H22N4Si. The molecule has 1 atom stereocenters. The molecule has 0 spiro atoms. The molecule has 0 aromatic carbocycles. The van der Waals surface area contributed by atoms with E-state index in [1.165, 1.54) is 0 Å². The van der Waals surface area contributed by atoms with Crippen molar-refractivity contribution in [3.8, 4) is 6.07 Å². The molecule has 0 aliphatic heterocycles. The number of rotatable bonds is 4. The molecule has 0 aliphatic rings. The lowest BCUT2D eigenvalue weighted by Crippen LogP contribution is -2.71. The van der Waals surface area contributed by atoms with Gasteiger partial charge in [0.25, 0.3) is 0 Å². The summed E-state index contributed by atoms with van der Waals surface area (Å²) >= 11 is 0. The molecule has 0 radical (unpaired) electrons. The molecule has 0 amide bonds. The minimum atomic E-state index is -1.99. The van der Waals surface area contributed by atoms with Crippen LogP contribution in [0.25, 0.3) is 0 Å². The highest BCUT2D eigenvalue weighted by atomic mass is 28.4. The van der Waals surface area contributed by atoms with Crippen LogP contribution in [0, 0.1) is 11.3 Å². The topological polar surface area (TPSA) is 33.5 Å². The first-order chi connectivity index (χ1) is 6.31. The second-order valence-electron chi connectivity index (χ2n) is 4.22. The Bertz CT molecular complexity index is 198. The molecule has 0 rings (SSSR count). The molecule has 0 aromatic heterocycles. The predicted molar refractivity (Wildman–Crippen MR) is 61.9 cm³/mol. The molecule has 82 valence electrons. The van der Waals surface area contributed by atoms with Crippen molar-refractivity contribution in [3.05, 3.63) is 0 Å². The Labute approximate surface area is 89.0 Å². The molecule has 0 saturated heterocycles. The molecule has 5 heteroatoms. The highest BCUT2D eigenvalue weighted by molar-refractivity contribution is 6.73. The molecule has 0 saturated carbocycles. The molecule has 4 nitrogen and oxygen atoms in total. The van der Waals surface area contributed by atoms with E-state index in [9.17, 15) is 0 Å². The number of hydrogen-bond donors (Lipinski definition) is 0. The fourth-order valence-corrected chi connectivity index (χ4v) is 7.35. The molecule has 0 aliphatic carbocycles. The zero-order chi connectivity index (χ0) is 11.5. The molecular weight excluding hydrogens is 192 g/mol. The summed E-state index contributed by atoms with van der Waals surface area (Å²) < 4.78 is 6.63. The smallest absolute Gasteiger partial charge is 0.304 e. The Morgan fingerprint density at radius 3 is 1.29 bits per heavy atom. The largest absolute Gasteiger partial charge is 0.305 e. The summed E-state index contributed by atoms with van der Waals surface area (Å²) in [5.74, 6) is 0. The maximum atomic E-state index is 9.12. The van der Waals surface area contributed by atoms with Crippen molar-refractivity contribution in [2.45, 2.75) is 12.5 Å². The van der Waals surface area contributed by atoms with Gasteiger partial charge in [-0.2, -0.15) is 5.26 Å². The van der Waals surface area contributed by atoms with Gasteiger partial charge in [0.15, 0.2) is 0 Å². The van der Waals surface area contributed by atoms with Gasteiger partial charge in [-0.25, -0.2) is 0 Å². The van der Waals surface area contributed by atoms with Crippen LogP contribution >= 0.6 is 0 Å². The average Bonchev–Trinajstić information content (AvgIpc) is 2.02. The van der Waals surface area contributed by atoms with Crippen LogP contribution in [0.1, 0.15) is 6.92 Å². The fourth-order valence-electron chi connectivity index (χ4n) is 2.45. The average molecular weight is 214 g/mol. The summed E-state index contributed by atoms with van der Waals surface area (Å²) in [7, 11) is 10.3. The van der Waals surface area contributed by atoms with E-state index in [1.54, 1.807) is 0 Å². The van der Waals surface area contributed by atoms with Crippen LogP contribution in [-0.2, 0) is 0 Å². The summed E-state index contributed by atoms with van der Waals surface area (Å²) in [6.45, 7) is 2.01. The van der Waals surface area contributed by atoms with Crippen LogP contribution in [0.3, 0.4) is 0 Å². The Kier molecular flexibility index (Phi) is 4.75. The minimum absolute atomic E-state index is 0.0440. The number of hydrogen-bond acceptors (Lipinski definition) is 4. The van der Waals surface area contributed by atoms with Crippen LogP contribution in [0.2, 0.25) is 5.54 Å². The van der Waals surface area contributed by atoms with Crippen LogP contribution in [0.4, 0.5) is 0 Å². The zero-order valence-corrected chi connectivity index (χ0v) is 11.4. The van der Waals surface area contributed by atoms with Gasteiger partial charge in [0.1, 0.15) is 0 Å². The van der Waals surface area contributed by atoms with Gasteiger partial charge in [-0.1, -0.05) is 0 Å². The van der Waals surface area contributed by atoms with Crippen LogP contribution in [-0.4, -0.2) is 64.5 Å². The van der Waals surface area contributed by atoms with E-state index < -0.39 is 8.56 Å². The Hall–Kier alpha value is -0.413. The van der Waals surface area contributed by atoms with Crippen LogP contribution in [0.5, 0.6) is 0 Å². The minimum Gasteiger partial charge on any atom is -0.304 e. The van der Waals surface area contributed by atoms with Crippen molar-refractivity contribution in [2.24, 2.45) is 0 Å². The summed E-state index contributed by atoms with van der Waals surface area (Å²) in [6, 6.07) is 2.39. The van der Waals surface area contributed by atoms with Gasteiger partial charge in [0.05, 0.1) is 11.6 Å². The van der Waals surface area contributed by atoms with Gasteiger partial charge in [-0.3, -0.25) is 0 Å². The maximum absolute atomic E-state index is 9.12. The van der Waals surface area contributed by atoms with Gasteiger partial charge in [-0.05, 0) is 49.2 Å².